The maximum Gasteiger partial charge on any atom is 0.123 e. The molecular formula is C19H20Cl2FNO3. The van der Waals surface area contributed by atoms with E-state index in [0.29, 0.717) is 35.5 Å². The zero-order valence-electron chi connectivity index (χ0n) is 14.1. The van der Waals surface area contributed by atoms with Gasteiger partial charge in [-0.1, -0.05) is 29.3 Å². The van der Waals surface area contributed by atoms with Gasteiger partial charge in [0.1, 0.15) is 24.3 Å². The van der Waals surface area contributed by atoms with Crippen LogP contribution in [-0.2, 0) is 4.74 Å². The highest BCUT2D eigenvalue weighted by Crippen LogP contribution is 2.29. The monoisotopic (exact) mass is 399 g/mol. The first-order chi connectivity index (χ1) is 12.5. The fourth-order valence-corrected chi connectivity index (χ4v) is 3.16. The smallest absolute Gasteiger partial charge is 0.123 e. The molecule has 4 nitrogen and oxygen atoms in total. The Labute approximate surface area is 162 Å². The van der Waals surface area contributed by atoms with Gasteiger partial charge in [0.25, 0.3) is 0 Å². The molecule has 1 aliphatic rings. The van der Waals surface area contributed by atoms with Crippen molar-refractivity contribution in [1.82, 2.24) is 4.90 Å². The second-order valence-corrected chi connectivity index (χ2v) is 7.03. The van der Waals surface area contributed by atoms with Gasteiger partial charge in [-0.25, -0.2) is 4.39 Å². The number of morpholine rings is 1. The number of hydrogen-bond donors (Lipinski definition) is 1. The fraction of sp³-hybridized carbons (Fsp3) is 0.368. The first kappa shape index (κ1) is 19.4. The molecule has 1 heterocycles. The Balaban J connectivity index is 1.50. The number of halogens is 3. The molecule has 0 aliphatic carbocycles. The topological polar surface area (TPSA) is 41.9 Å². The van der Waals surface area contributed by atoms with E-state index >= 15 is 0 Å². The Bertz CT molecular complexity index is 729. The van der Waals surface area contributed by atoms with Gasteiger partial charge in [0, 0.05) is 19.6 Å². The first-order valence-electron chi connectivity index (χ1n) is 8.36. The normalized spacial score (nSPS) is 19.3. The summed E-state index contributed by atoms with van der Waals surface area (Å²) in [4.78, 5) is 2.12. The summed E-state index contributed by atoms with van der Waals surface area (Å²) >= 11 is 12.0. The summed E-state index contributed by atoms with van der Waals surface area (Å²) in [6, 6.07) is 11.2. The fourth-order valence-electron chi connectivity index (χ4n) is 2.86. The van der Waals surface area contributed by atoms with Gasteiger partial charge in [-0.3, -0.25) is 4.90 Å². The molecule has 1 aliphatic heterocycles. The Hall–Kier alpha value is -1.37. The summed E-state index contributed by atoms with van der Waals surface area (Å²) in [5.74, 6) is 0.209. The van der Waals surface area contributed by atoms with Crippen LogP contribution in [0.3, 0.4) is 0 Å². The molecule has 0 aromatic heterocycles. The Morgan fingerprint density at radius 2 is 1.96 bits per heavy atom. The number of hydrogen-bond acceptors (Lipinski definition) is 4. The number of β-amino-alcohol motifs (C(OH)–C–C–N with tert-alkyl or cyclic N) is 1. The highest BCUT2D eigenvalue weighted by atomic mass is 35.5. The molecule has 1 fully saturated rings. The lowest BCUT2D eigenvalue weighted by molar-refractivity contribution is -0.0459. The first-order valence-corrected chi connectivity index (χ1v) is 9.12. The summed E-state index contributed by atoms with van der Waals surface area (Å²) in [6.45, 7) is 2.54. The quantitative estimate of drug-likeness (QED) is 0.798. The second-order valence-electron chi connectivity index (χ2n) is 6.21. The van der Waals surface area contributed by atoms with Gasteiger partial charge in [-0.2, -0.15) is 0 Å². The van der Waals surface area contributed by atoms with E-state index in [0.717, 1.165) is 12.1 Å². The molecule has 0 radical (unpaired) electrons. The maximum atomic E-state index is 12.9. The number of rotatable bonds is 6. The number of benzene rings is 2. The zero-order valence-corrected chi connectivity index (χ0v) is 15.6. The average Bonchev–Trinajstić information content (AvgIpc) is 2.64. The lowest BCUT2D eigenvalue weighted by atomic mass is 10.1. The van der Waals surface area contributed by atoms with Crippen LogP contribution in [0.2, 0.25) is 10.0 Å². The van der Waals surface area contributed by atoms with Crippen LogP contribution in [0.15, 0.2) is 42.5 Å². The van der Waals surface area contributed by atoms with Crippen molar-refractivity contribution < 1.29 is 19.0 Å². The SMILES string of the molecule is OC(COc1ccc(F)cc1)CN1CCOC(c2ccc(Cl)c(Cl)c2)C1. The lowest BCUT2D eigenvalue weighted by Gasteiger charge is -2.34. The summed E-state index contributed by atoms with van der Waals surface area (Å²) in [5, 5.41) is 11.2. The largest absolute Gasteiger partial charge is 0.491 e. The molecule has 0 saturated carbocycles. The average molecular weight is 400 g/mol. The van der Waals surface area contributed by atoms with Crippen LogP contribution in [-0.4, -0.2) is 49.0 Å². The van der Waals surface area contributed by atoms with Gasteiger partial charge >= 0.3 is 0 Å². The third-order valence-corrected chi connectivity index (χ3v) is 4.93. The summed E-state index contributed by atoms with van der Waals surface area (Å²) in [6.07, 6.45) is -0.781. The Morgan fingerprint density at radius 3 is 2.69 bits per heavy atom. The van der Waals surface area contributed by atoms with E-state index in [2.05, 4.69) is 4.90 Å². The maximum absolute atomic E-state index is 12.9. The highest BCUT2D eigenvalue weighted by Gasteiger charge is 2.24. The number of ether oxygens (including phenoxy) is 2. The van der Waals surface area contributed by atoms with Crippen molar-refractivity contribution >= 4 is 23.2 Å². The van der Waals surface area contributed by atoms with Crippen molar-refractivity contribution in [3.05, 3.63) is 63.9 Å². The van der Waals surface area contributed by atoms with E-state index in [1.165, 1.54) is 24.3 Å². The second kappa shape index (κ2) is 9.02. The molecule has 2 aromatic rings. The van der Waals surface area contributed by atoms with Crippen molar-refractivity contribution in [3.63, 3.8) is 0 Å². The van der Waals surface area contributed by atoms with Crippen LogP contribution in [0.4, 0.5) is 4.39 Å². The van der Waals surface area contributed by atoms with Crippen molar-refractivity contribution in [1.29, 1.82) is 0 Å². The van der Waals surface area contributed by atoms with Gasteiger partial charge in [0.15, 0.2) is 0 Å². The molecule has 0 amide bonds. The minimum atomic E-state index is -0.660. The van der Waals surface area contributed by atoms with Gasteiger partial charge in [0.2, 0.25) is 0 Å². The van der Waals surface area contributed by atoms with E-state index in [-0.39, 0.29) is 18.5 Å². The molecule has 26 heavy (non-hydrogen) atoms. The minimum absolute atomic E-state index is 0.122. The molecule has 2 unspecified atom stereocenters. The molecule has 1 saturated heterocycles. The third-order valence-electron chi connectivity index (χ3n) is 4.19. The molecule has 140 valence electrons. The van der Waals surface area contributed by atoms with Gasteiger partial charge in [-0.15, -0.1) is 0 Å². The van der Waals surface area contributed by atoms with E-state index in [4.69, 9.17) is 32.7 Å². The molecule has 0 bridgehead atoms. The molecule has 2 aromatic carbocycles. The van der Waals surface area contributed by atoms with Crippen LogP contribution in [0.1, 0.15) is 11.7 Å². The van der Waals surface area contributed by atoms with Crippen LogP contribution < -0.4 is 4.74 Å². The van der Waals surface area contributed by atoms with E-state index in [9.17, 15) is 9.50 Å². The van der Waals surface area contributed by atoms with Crippen molar-refractivity contribution in [2.75, 3.05) is 32.8 Å². The molecule has 7 heteroatoms. The molecule has 0 spiro atoms. The van der Waals surface area contributed by atoms with E-state index < -0.39 is 6.10 Å². The summed E-state index contributed by atoms with van der Waals surface area (Å²) in [7, 11) is 0. The predicted octanol–water partition coefficient (Wildman–Crippen LogP) is 3.95. The Kier molecular flexibility index (Phi) is 6.73. The summed E-state index contributed by atoms with van der Waals surface area (Å²) in [5.41, 5.74) is 0.959. The van der Waals surface area contributed by atoms with E-state index in [1.807, 2.05) is 12.1 Å². The van der Waals surface area contributed by atoms with E-state index in [1.54, 1.807) is 6.07 Å². The van der Waals surface area contributed by atoms with Crippen LogP contribution in [0.5, 0.6) is 5.75 Å². The third kappa shape index (κ3) is 5.32. The number of aliphatic hydroxyl groups excluding tert-OH is 1. The number of aliphatic hydroxyl groups is 1. The highest BCUT2D eigenvalue weighted by molar-refractivity contribution is 6.42. The summed E-state index contributed by atoms with van der Waals surface area (Å²) < 4.78 is 24.2. The molecule has 3 rings (SSSR count). The van der Waals surface area contributed by atoms with Gasteiger partial charge < -0.3 is 14.6 Å². The minimum Gasteiger partial charge on any atom is -0.491 e. The van der Waals surface area contributed by atoms with Crippen molar-refractivity contribution in [2.24, 2.45) is 0 Å². The van der Waals surface area contributed by atoms with Crippen LogP contribution in [0, 0.1) is 5.82 Å². The van der Waals surface area contributed by atoms with Crippen molar-refractivity contribution in [2.45, 2.75) is 12.2 Å². The molecule has 1 N–H and O–H groups in total. The van der Waals surface area contributed by atoms with Gasteiger partial charge in [-0.05, 0) is 42.0 Å². The van der Waals surface area contributed by atoms with Crippen molar-refractivity contribution in [3.8, 4) is 5.75 Å². The lowest BCUT2D eigenvalue weighted by Crippen LogP contribution is -2.43. The predicted molar refractivity (Wildman–Crippen MR) is 99.5 cm³/mol. The van der Waals surface area contributed by atoms with Gasteiger partial charge in [0.05, 0.1) is 22.8 Å². The number of nitrogens with zero attached hydrogens (tertiary/aromatic N) is 1. The molecular weight excluding hydrogens is 380 g/mol. The zero-order chi connectivity index (χ0) is 18.5. The van der Waals surface area contributed by atoms with Crippen LogP contribution in [0.25, 0.3) is 0 Å². The van der Waals surface area contributed by atoms with Crippen LogP contribution >= 0.6 is 23.2 Å². The molecule has 2 atom stereocenters. The standard InChI is InChI=1S/C19H20Cl2FNO3/c20-17-6-1-13(9-18(17)21)19-11-23(7-8-25-19)10-15(24)12-26-16-4-2-14(22)3-5-16/h1-6,9,15,19,24H,7-8,10-12H2. The Morgan fingerprint density at radius 1 is 1.19 bits per heavy atom.